The highest BCUT2D eigenvalue weighted by Gasteiger charge is 2.02. The number of dihydropyridines is 1. The minimum absolute atomic E-state index is 0.834. The van der Waals surface area contributed by atoms with E-state index in [2.05, 4.69) is 11.4 Å². The summed E-state index contributed by atoms with van der Waals surface area (Å²) in [6.45, 7) is 0.875. The lowest BCUT2D eigenvalue weighted by atomic mass is 10.0. The van der Waals surface area contributed by atoms with E-state index in [0.717, 1.165) is 17.8 Å². The van der Waals surface area contributed by atoms with Crippen LogP contribution in [0.5, 0.6) is 0 Å². The summed E-state index contributed by atoms with van der Waals surface area (Å²) in [7, 11) is 0. The first-order valence-electron chi connectivity index (χ1n) is 4.33. The summed E-state index contributed by atoms with van der Waals surface area (Å²) in [4.78, 5) is 0. The molecule has 0 aromatic heterocycles. The average molecular weight is 172 g/mol. The quantitative estimate of drug-likeness (QED) is 0.633. The van der Waals surface area contributed by atoms with Gasteiger partial charge in [0.15, 0.2) is 0 Å². The maximum absolute atomic E-state index is 5.86. The molecule has 0 spiro atoms. The Balaban J connectivity index is 2.40. The van der Waals surface area contributed by atoms with Gasteiger partial charge in [0.05, 0.1) is 0 Å². The minimum Gasteiger partial charge on any atom is -0.398 e. The van der Waals surface area contributed by atoms with Crippen LogP contribution in [0.25, 0.3) is 5.57 Å². The zero-order chi connectivity index (χ0) is 9.10. The van der Waals surface area contributed by atoms with Crippen molar-refractivity contribution in [2.75, 3.05) is 12.3 Å². The number of hydrogen-bond donors (Lipinski definition) is 2. The molecule has 0 atom stereocenters. The lowest BCUT2D eigenvalue weighted by molar-refractivity contribution is 0.976. The summed E-state index contributed by atoms with van der Waals surface area (Å²) in [6, 6.07) is 7.91. The number of nitrogens with two attached hydrogens (primary N) is 1. The molecule has 2 heteroatoms. The highest BCUT2D eigenvalue weighted by Crippen LogP contribution is 2.22. The van der Waals surface area contributed by atoms with E-state index < -0.39 is 0 Å². The molecule has 0 unspecified atom stereocenters. The normalized spacial score (nSPS) is 14.9. The van der Waals surface area contributed by atoms with Crippen molar-refractivity contribution in [3.05, 3.63) is 48.2 Å². The van der Waals surface area contributed by atoms with Crippen LogP contribution in [-0.2, 0) is 0 Å². The maximum atomic E-state index is 5.86. The van der Waals surface area contributed by atoms with E-state index in [4.69, 9.17) is 5.73 Å². The fourth-order valence-corrected chi connectivity index (χ4v) is 1.41. The van der Waals surface area contributed by atoms with Gasteiger partial charge >= 0.3 is 0 Å². The molecule has 13 heavy (non-hydrogen) atoms. The van der Waals surface area contributed by atoms with Crippen molar-refractivity contribution >= 4 is 11.3 Å². The van der Waals surface area contributed by atoms with Crippen molar-refractivity contribution in [1.82, 2.24) is 5.32 Å². The second-order valence-corrected chi connectivity index (χ2v) is 2.99. The molecule has 0 fully saturated rings. The van der Waals surface area contributed by atoms with Crippen molar-refractivity contribution in [2.24, 2.45) is 0 Å². The van der Waals surface area contributed by atoms with Crippen molar-refractivity contribution < 1.29 is 0 Å². The lowest BCUT2D eigenvalue weighted by Gasteiger charge is -2.10. The summed E-state index contributed by atoms with van der Waals surface area (Å²) < 4.78 is 0. The van der Waals surface area contributed by atoms with E-state index in [1.54, 1.807) is 0 Å². The number of nitrogen functional groups attached to an aromatic ring is 1. The summed E-state index contributed by atoms with van der Waals surface area (Å²) in [6.07, 6.45) is 6.11. The van der Waals surface area contributed by atoms with Crippen LogP contribution in [0.4, 0.5) is 5.69 Å². The van der Waals surface area contributed by atoms with Crippen LogP contribution in [0.3, 0.4) is 0 Å². The first kappa shape index (κ1) is 7.92. The molecule has 66 valence electrons. The van der Waals surface area contributed by atoms with Gasteiger partial charge in [0.25, 0.3) is 0 Å². The van der Waals surface area contributed by atoms with Crippen LogP contribution in [0.1, 0.15) is 5.56 Å². The van der Waals surface area contributed by atoms with Crippen LogP contribution in [0, 0.1) is 0 Å². The molecule has 1 aromatic carbocycles. The second-order valence-electron chi connectivity index (χ2n) is 2.99. The SMILES string of the molecule is Nc1ccccc1C1=CCNC=C1. The van der Waals surface area contributed by atoms with Crippen molar-refractivity contribution in [3.63, 3.8) is 0 Å². The second kappa shape index (κ2) is 3.35. The number of benzene rings is 1. The van der Waals surface area contributed by atoms with Gasteiger partial charge in [-0.05, 0) is 23.9 Å². The number of anilines is 1. The minimum atomic E-state index is 0.834. The predicted octanol–water partition coefficient (Wildman–Crippen LogP) is 1.77. The summed E-state index contributed by atoms with van der Waals surface area (Å²) in [5.41, 5.74) is 8.99. The number of rotatable bonds is 1. The van der Waals surface area contributed by atoms with Gasteiger partial charge < -0.3 is 11.1 Å². The number of nitrogens with one attached hydrogen (secondary N) is 1. The van der Waals surface area contributed by atoms with E-state index in [-0.39, 0.29) is 0 Å². The third-order valence-corrected chi connectivity index (χ3v) is 2.09. The first-order valence-corrected chi connectivity index (χ1v) is 4.33. The predicted molar refractivity (Wildman–Crippen MR) is 56.0 cm³/mol. The van der Waals surface area contributed by atoms with E-state index in [1.165, 1.54) is 5.57 Å². The molecular weight excluding hydrogens is 160 g/mol. The number of para-hydroxylation sites is 1. The molecule has 1 aromatic rings. The topological polar surface area (TPSA) is 38.0 Å². The summed E-state index contributed by atoms with van der Waals surface area (Å²) in [5.74, 6) is 0. The highest BCUT2D eigenvalue weighted by molar-refractivity contribution is 5.81. The Morgan fingerprint density at radius 3 is 2.77 bits per heavy atom. The van der Waals surface area contributed by atoms with Gasteiger partial charge in [0, 0.05) is 17.8 Å². The van der Waals surface area contributed by atoms with E-state index in [1.807, 2.05) is 36.5 Å². The smallest absolute Gasteiger partial charge is 0.0393 e. The number of allylic oxidation sites excluding steroid dienone is 2. The molecule has 1 aliphatic rings. The molecule has 2 nitrogen and oxygen atoms in total. The molecule has 0 aliphatic carbocycles. The molecule has 0 saturated carbocycles. The summed E-state index contributed by atoms with van der Waals surface area (Å²) >= 11 is 0. The van der Waals surface area contributed by atoms with Crippen LogP contribution in [0.15, 0.2) is 42.6 Å². The molecule has 0 bridgehead atoms. The third-order valence-electron chi connectivity index (χ3n) is 2.09. The van der Waals surface area contributed by atoms with Crippen molar-refractivity contribution in [1.29, 1.82) is 0 Å². The van der Waals surface area contributed by atoms with Crippen molar-refractivity contribution in [3.8, 4) is 0 Å². The van der Waals surface area contributed by atoms with Crippen molar-refractivity contribution in [2.45, 2.75) is 0 Å². The standard InChI is InChI=1S/C11H12N2/c12-11-4-2-1-3-10(11)9-5-7-13-8-6-9/h1-7,13H,8,12H2. The van der Waals surface area contributed by atoms with Gasteiger partial charge in [-0.3, -0.25) is 0 Å². The molecule has 1 aliphatic heterocycles. The molecule has 3 N–H and O–H groups in total. The third kappa shape index (κ3) is 1.56. The van der Waals surface area contributed by atoms with E-state index >= 15 is 0 Å². The van der Waals surface area contributed by atoms with Gasteiger partial charge in [-0.1, -0.05) is 24.3 Å². The van der Waals surface area contributed by atoms with Crippen LogP contribution in [-0.4, -0.2) is 6.54 Å². The van der Waals surface area contributed by atoms with Gasteiger partial charge in [-0.2, -0.15) is 0 Å². The van der Waals surface area contributed by atoms with Crippen LogP contribution < -0.4 is 11.1 Å². The van der Waals surface area contributed by atoms with Crippen LogP contribution in [0.2, 0.25) is 0 Å². The molecule has 0 radical (unpaired) electrons. The fourth-order valence-electron chi connectivity index (χ4n) is 1.41. The van der Waals surface area contributed by atoms with Gasteiger partial charge in [0.1, 0.15) is 0 Å². The Morgan fingerprint density at radius 2 is 2.08 bits per heavy atom. The Labute approximate surface area is 77.8 Å². The Bertz CT molecular complexity index is 364. The largest absolute Gasteiger partial charge is 0.398 e. The zero-order valence-electron chi connectivity index (χ0n) is 7.33. The molecule has 0 saturated heterocycles. The van der Waals surface area contributed by atoms with Gasteiger partial charge in [-0.15, -0.1) is 0 Å². The molecular formula is C11H12N2. The van der Waals surface area contributed by atoms with Crippen LogP contribution >= 0.6 is 0 Å². The first-order chi connectivity index (χ1) is 6.38. The average Bonchev–Trinajstić information content (AvgIpc) is 2.20. The Hall–Kier alpha value is -1.70. The highest BCUT2D eigenvalue weighted by atomic mass is 14.8. The lowest BCUT2D eigenvalue weighted by Crippen LogP contribution is -2.08. The Kier molecular flexibility index (Phi) is 2.04. The molecule has 2 rings (SSSR count). The maximum Gasteiger partial charge on any atom is 0.0393 e. The Morgan fingerprint density at radius 1 is 1.23 bits per heavy atom. The monoisotopic (exact) mass is 172 g/mol. The summed E-state index contributed by atoms with van der Waals surface area (Å²) in [5, 5.41) is 3.11. The molecule has 0 amide bonds. The van der Waals surface area contributed by atoms with Gasteiger partial charge in [-0.25, -0.2) is 0 Å². The fraction of sp³-hybridized carbons (Fsp3) is 0.0909. The number of hydrogen-bond acceptors (Lipinski definition) is 2. The zero-order valence-corrected chi connectivity index (χ0v) is 7.33. The van der Waals surface area contributed by atoms with E-state index in [0.29, 0.717) is 0 Å². The molecule has 1 heterocycles. The van der Waals surface area contributed by atoms with E-state index in [9.17, 15) is 0 Å². The van der Waals surface area contributed by atoms with Gasteiger partial charge in [0.2, 0.25) is 0 Å².